The van der Waals surface area contributed by atoms with Gasteiger partial charge in [0.05, 0.1) is 12.7 Å². The number of phenolic OH excluding ortho intramolecular Hbond substituents is 1. The Morgan fingerprint density at radius 3 is 3.05 bits per heavy atom. The third kappa shape index (κ3) is 3.04. The molecular weight excluding hydrogens is 256 g/mol. The van der Waals surface area contributed by atoms with E-state index in [4.69, 9.17) is 4.74 Å². The molecule has 110 valence electrons. The molecule has 20 heavy (non-hydrogen) atoms. The fraction of sp³-hybridized carbons (Fsp3) is 0.533. The molecule has 1 unspecified atom stereocenters. The molecule has 1 atom stereocenters. The molecule has 1 aromatic rings. The fourth-order valence-corrected chi connectivity index (χ4v) is 2.73. The van der Waals surface area contributed by atoms with Crippen LogP contribution in [0.2, 0.25) is 0 Å². The number of nitrogens with one attached hydrogen (secondary N) is 1. The molecule has 0 bridgehead atoms. The molecule has 0 saturated carbocycles. The average molecular weight is 278 g/mol. The van der Waals surface area contributed by atoms with Crippen LogP contribution in [0.25, 0.3) is 0 Å². The van der Waals surface area contributed by atoms with Crippen molar-refractivity contribution in [2.45, 2.75) is 12.8 Å². The lowest BCUT2D eigenvalue weighted by Gasteiger charge is -2.33. The molecule has 1 aromatic carbocycles. The second-order valence-electron chi connectivity index (χ2n) is 5.17. The Hall–Kier alpha value is -1.75. The first-order chi connectivity index (χ1) is 9.67. The lowest BCUT2D eigenvalue weighted by Crippen LogP contribution is -2.42. The maximum absolute atomic E-state index is 12.5. The predicted octanol–water partition coefficient (Wildman–Crippen LogP) is 1.47. The van der Waals surface area contributed by atoms with E-state index in [2.05, 4.69) is 5.32 Å². The number of carbonyl (C=O) groups excluding carboxylic acids is 1. The largest absolute Gasteiger partial charge is 0.504 e. The summed E-state index contributed by atoms with van der Waals surface area (Å²) in [5.74, 6) is 0.614. The number of nitrogens with zero attached hydrogens (tertiary/aromatic N) is 1. The van der Waals surface area contributed by atoms with Crippen LogP contribution in [0.5, 0.6) is 11.5 Å². The summed E-state index contributed by atoms with van der Waals surface area (Å²) in [6, 6.07) is 5.01. The number of ether oxygens (including phenoxy) is 1. The molecule has 0 aliphatic carbocycles. The van der Waals surface area contributed by atoms with Gasteiger partial charge in [0.1, 0.15) is 0 Å². The number of para-hydroxylation sites is 1. The van der Waals surface area contributed by atoms with Crippen molar-refractivity contribution in [3.05, 3.63) is 23.8 Å². The van der Waals surface area contributed by atoms with Crippen LogP contribution >= 0.6 is 0 Å². The fourth-order valence-electron chi connectivity index (χ4n) is 2.73. The highest BCUT2D eigenvalue weighted by Gasteiger charge is 2.26. The van der Waals surface area contributed by atoms with Crippen LogP contribution in [-0.4, -0.2) is 49.7 Å². The number of phenols is 1. The molecule has 2 rings (SSSR count). The molecule has 0 aromatic heterocycles. The van der Waals surface area contributed by atoms with E-state index >= 15 is 0 Å². The first-order valence-electron chi connectivity index (χ1n) is 6.97. The number of piperidine rings is 1. The second-order valence-corrected chi connectivity index (χ2v) is 5.17. The SMILES string of the molecule is CNCC1CCCN(C(=O)c2cccc(OC)c2O)C1. The first-order valence-corrected chi connectivity index (χ1v) is 6.97. The van der Waals surface area contributed by atoms with Crippen LogP contribution in [0.4, 0.5) is 0 Å². The average Bonchev–Trinajstić information content (AvgIpc) is 2.47. The maximum atomic E-state index is 12.5. The van der Waals surface area contributed by atoms with Gasteiger partial charge in [-0.3, -0.25) is 4.79 Å². The summed E-state index contributed by atoms with van der Waals surface area (Å²) in [4.78, 5) is 14.3. The van der Waals surface area contributed by atoms with E-state index in [0.29, 0.717) is 17.2 Å². The van der Waals surface area contributed by atoms with Crippen molar-refractivity contribution in [1.82, 2.24) is 10.2 Å². The normalized spacial score (nSPS) is 18.9. The highest BCUT2D eigenvalue weighted by Crippen LogP contribution is 2.31. The molecule has 1 aliphatic rings. The van der Waals surface area contributed by atoms with Gasteiger partial charge in [-0.15, -0.1) is 0 Å². The van der Waals surface area contributed by atoms with Crippen LogP contribution in [0.1, 0.15) is 23.2 Å². The Labute approximate surface area is 119 Å². The summed E-state index contributed by atoms with van der Waals surface area (Å²) in [6.45, 7) is 2.39. The summed E-state index contributed by atoms with van der Waals surface area (Å²) in [7, 11) is 3.40. The molecule has 1 heterocycles. The quantitative estimate of drug-likeness (QED) is 0.875. The Morgan fingerprint density at radius 2 is 2.35 bits per heavy atom. The Bertz CT molecular complexity index is 474. The summed E-state index contributed by atoms with van der Waals surface area (Å²) < 4.78 is 5.05. The Balaban J connectivity index is 2.14. The molecule has 0 radical (unpaired) electrons. The van der Waals surface area contributed by atoms with Gasteiger partial charge in [-0.2, -0.15) is 0 Å². The highest BCUT2D eigenvalue weighted by molar-refractivity contribution is 5.97. The smallest absolute Gasteiger partial charge is 0.257 e. The van der Waals surface area contributed by atoms with Gasteiger partial charge in [0.2, 0.25) is 0 Å². The summed E-state index contributed by atoms with van der Waals surface area (Å²) in [5, 5.41) is 13.2. The number of amides is 1. The van der Waals surface area contributed by atoms with E-state index in [-0.39, 0.29) is 11.7 Å². The van der Waals surface area contributed by atoms with Crippen LogP contribution in [0.3, 0.4) is 0 Å². The van der Waals surface area contributed by atoms with E-state index in [0.717, 1.165) is 32.5 Å². The number of likely N-dealkylation sites (tertiary alicyclic amines) is 1. The van der Waals surface area contributed by atoms with Crippen LogP contribution in [0, 0.1) is 5.92 Å². The zero-order valence-electron chi connectivity index (χ0n) is 12.1. The molecular formula is C15H22N2O3. The summed E-state index contributed by atoms with van der Waals surface area (Å²) >= 11 is 0. The molecule has 1 aliphatic heterocycles. The van der Waals surface area contributed by atoms with E-state index in [1.807, 2.05) is 11.9 Å². The molecule has 1 amide bonds. The topological polar surface area (TPSA) is 61.8 Å². The van der Waals surface area contributed by atoms with Gasteiger partial charge < -0.3 is 20.1 Å². The zero-order chi connectivity index (χ0) is 14.5. The number of carbonyl (C=O) groups is 1. The van der Waals surface area contributed by atoms with Gasteiger partial charge in [0, 0.05) is 13.1 Å². The van der Waals surface area contributed by atoms with Crippen LogP contribution < -0.4 is 10.1 Å². The third-order valence-electron chi connectivity index (χ3n) is 3.75. The second kappa shape index (κ2) is 6.61. The van der Waals surface area contributed by atoms with Gasteiger partial charge in [0.25, 0.3) is 5.91 Å². The summed E-state index contributed by atoms with van der Waals surface area (Å²) in [5.41, 5.74) is 0.314. The Kier molecular flexibility index (Phi) is 4.84. The molecule has 2 N–H and O–H groups in total. The monoisotopic (exact) mass is 278 g/mol. The number of hydrogen-bond acceptors (Lipinski definition) is 4. The lowest BCUT2D eigenvalue weighted by molar-refractivity contribution is 0.0670. The highest BCUT2D eigenvalue weighted by atomic mass is 16.5. The van der Waals surface area contributed by atoms with E-state index in [9.17, 15) is 9.90 Å². The van der Waals surface area contributed by atoms with Gasteiger partial charge >= 0.3 is 0 Å². The first kappa shape index (κ1) is 14.7. The Morgan fingerprint density at radius 1 is 1.55 bits per heavy atom. The predicted molar refractivity (Wildman–Crippen MR) is 77.2 cm³/mol. The number of hydrogen-bond donors (Lipinski definition) is 2. The number of rotatable bonds is 4. The third-order valence-corrected chi connectivity index (χ3v) is 3.75. The van der Waals surface area contributed by atoms with Crippen molar-refractivity contribution >= 4 is 5.91 Å². The molecule has 0 spiro atoms. The van der Waals surface area contributed by atoms with E-state index in [1.54, 1.807) is 18.2 Å². The zero-order valence-corrected chi connectivity index (χ0v) is 12.1. The summed E-state index contributed by atoms with van der Waals surface area (Å²) in [6.07, 6.45) is 2.14. The van der Waals surface area contributed by atoms with Gasteiger partial charge in [0.15, 0.2) is 11.5 Å². The van der Waals surface area contributed by atoms with Gasteiger partial charge in [-0.25, -0.2) is 0 Å². The number of benzene rings is 1. The van der Waals surface area contributed by atoms with E-state index in [1.165, 1.54) is 7.11 Å². The standard InChI is InChI=1S/C15H22N2O3/c1-16-9-11-5-4-8-17(10-11)15(19)12-6-3-7-13(20-2)14(12)18/h3,6-7,11,16,18H,4-5,8-10H2,1-2H3. The van der Waals surface area contributed by atoms with Crippen molar-refractivity contribution < 1.29 is 14.6 Å². The van der Waals surface area contributed by atoms with Crippen molar-refractivity contribution in [1.29, 1.82) is 0 Å². The van der Waals surface area contributed by atoms with Crippen molar-refractivity contribution in [2.75, 3.05) is 33.8 Å². The number of aromatic hydroxyl groups is 1. The molecule has 1 fully saturated rings. The van der Waals surface area contributed by atoms with Gasteiger partial charge in [-0.05, 0) is 44.5 Å². The van der Waals surface area contributed by atoms with Crippen molar-refractivity contribution in [3.63, 3.8) is 0 Å². The van der Waals surface area contributed by atoms with E-state index < -0.39 is 0 Å². The van der Waals surface area contributed by atoms with Crippen LogP contribution in [0.15, 0.2) is 18.2 Å². The van der Waals surface area contributed by atoms with Crippen molar-refractivity contribution in [3.8, 4) is 11.5 Å². The number of methoxy groups -OCH3 is 1. The molecule has 5 nitrogen and oxygen atoms in total. The molecule has 5 heteroatoms. The minimum absolute atomic E-state index is 0.0734. The maximum Gasteiger partial charge on any atom is 0.257 e. The van der Waals surface area contributed by atoms with Gasteiger partial charge in [-0.1, -0.05) is 6.07 Å². The van der Waals surface area contributed by atoms with Crippen LogP contribution in [-0.2, 0) is 0 Å². The lowest BCUT2D eigenvalue weighted by atomic mass is 9.97. The minimum atomic E-state index is -0.123. The minimum Gasteiger partial charge on any atom is -0.504 e. The molecule has 1 saturated heterocycles. The van der Waals surface area contributed by atoms with Crippen molar-refractivity contribution in [2.24, 2.45) is 5.92 Å².